The normalized spacial score (nSPS) is 14.1. The summed E-state index contributed by atoms with van der Waals surface area (Å²) < 4.78 is 24.7. The lowest BCUT2D eigenvalue weighted by atomic mass is 9.85. The number of hydrogen-bond donors (Lipinski definition) is 2. The second kappa shape index (κ2) is 8.58. The van der Waals surface area contributed by atoms with Crippen molar-refractivity contribution in [2.24, 2.45) is 0 Å². The van der Waals surface area contributed by atoms with Crippen LogP contribution in [-0.4, -0.2) is 19.8 Å². The fourth-order valence-electron chi connectivity index (χ4n) is 4.42. The summed E-state index contributed by atoms with van der Waals surface area (Å²) in [5, 5.41) is 7.16. The molecule has 3 aromatic rings. The van der Waals surface area contributed by atoms with Crippen molar-refractivity contribution in [3.05, 3.63) is 77.6 Å². The first-order valence-corrected chi connectivity index (χ1v) is 10.7. The van der Waals surface area contributed by atoms with Gasteiger partial charge >= 0.3 is 0 Å². The van der Waals surface area contributed by atoms with Gasteiger partial charge in [-0.25, -0.2) is 4.39 Å². The molecule has 0 aliphatic carbocycles. The third kappa shape index (κ3) is 4.28. The summed E-state index contributed by atoms with van der Waals surface area (Å²) in [5.74, 6) is 1.01. The molecule has 0 saturated heterocycles. The third-order valence-corrected chi connectivity index (χ3v) is 5.75. The molecule has 0 saturated carbocycles. The Hall–Kier alpha value is -3.47. The summed E-state index contributed by atoms with van der Waals surface area (Å²) in [6, 6.07) is 16.7. The Morgan fingerprint density at radius 3 is 2.34 bits per heavy atom. The van der Waals surface area contributed by atoms with E-state index in [4.69, 9.17) is 9.47 Å². The SMILES string of the molecule is COc1ccc(NCc2c(-c3ccc(F)cc3OC)ccc3c2C(C)=CC(C)(C)N3)cc1. The predicted octanol–water partition coefficient (Wildman–Crippen LogP) is 6.73. The molecular weight excluding hydrogens is 403 g/mol. The van der Waals surface area contributed by atoms with Gasteiger partial charge in [0.2, 0.25) is 0 Å². The minimum absolute atomic E-state index is 0.132. The van der Waals surface area contributed by atoms with E-state index in [1.807, 2.05) is 24.3 Å². The van der Waals surface area contributed by atoms with E-state index < -0.39 is 0 Å². The van der Waals surface area contributed by atoms with Crippen molar-refractivity contribution in [3.8, 4) is 22.6 Å². The highest BCUT2D eigenvalue weighted by molar-refractivity contribution is 5.88. The van der Waals surface area contributed by atoms with Crippen LogP contribution in [0.1, 0.15) is 31.9 Å². The molecule has 3 aromatic carbocycles. The zero-order valence-corrected chi connectivity index (χ0v) is 19.2. The first kappa shape index (κ1) is 21.8. The van der Waals surface area contributed by atoms with Crippen molar-refractivity contribution in [1.29, 1.82) is 0 Å². The molecule has 0 aromatic heterocycles. The zero-order chi connectivity index (χ0) is 22.9. The van der Waals surface area contributed by atoms with E-state index >= 15 is 0 Å². The van der Waals surface area contributed by atoms with Crippen LogP contribution in [-0.2, 0) is 6.54 Å². The maximum atomic E-state index is 13.9. The summed E-state index contributed by atoms with van der Waals surface area (Å²) in [6.07, 6.45) is 2.25. The molecule has 0 spiro atoms. The highest BCUT2D eigenvalue weighted by atomic mass is 19.1. The maximum Gasteiger partial charge on any atom is 0.129 e. The third-order valence-electron chi connectivity index (χ3n) is 5.75. The Labute approximate surface area is 189 Å². The van der Waals surface area contributed by atoms with Crippen LogP contribution in [0.2, 0.25) is 0 Å². The summed E-state index contributed by atoms with van der Waals surface area (Å²) in [6.45, 7) is 7.06. The van der Waals surface area contributed by atoms with Gasteiger partial charge in [0.15, 0.2) is 0 Å². The fourth-order valence-corrected chi connectivity index (χ4v) is 4.42. The van der Waals surface area contributed by atoms with E-state index in [1.54, 1.807) is 20.3 Å². The van der Waals surface area contributed by atoms with E-state index in [0.29, 0.717) is 12.3 Å². The number of methoxy groups -OCH3 is 2. The van der Waals surface area contributed by atoms with Crippen LogP contribution >= 0.6 is 0 Å². The Morgan fingerprint density at radius 2 is 1.66 bits per heavy atom. The summed E-state index contributed by atoms with van der Waals surface area (Å²) in [7, 11) is 3.23. The van der Waals surface area contributed by atoms with Gasteiger partial charge in [0, 0.05) is 35.1 Å². The van der Waals surface area contributed by atoms with Crippen molar-refractivity contribution in [2.75, 3.05) is 24.9 Å². The molecule has 0 bridgehead atoms. The molecule has 0 unspecified atom stereocenters. The molecule has 2 N–H and O–H groups in total. The largest absolute Gasteiger partial charge is 0.497 e. The Morgan fingerprint density at radius 1 is 0.938 bits per heavy atom. The van der Waals surface area contributed by atoms with Crippen LogP contribution in [0.25, 0.3) is 16.7 Å². The number of anilines is 2. The highest BCUT2D eigenvalue weighted by Crippen LogP contribution is 2.42. The average molecular weight is 433 g/mol. The highest BCUT2D eigenvalue weighted by Gasteiger charge is 2.26. The topological polar surface area (TPSA) is 42.5 Å². The van der Waals surface area contributed by atoms with Gasteiger partial charge in [0.25, 0.3) is 0 Å². The minimum Gasteiger partial charge on any atom is -0.497 e. The first-order valence-electron chi connectivity index (χ1n) is 10.7. The number of hydrogen-bond acceptors (Lipinski definition) is 4. The van der Waals surface area contributed by atoms with E-state index in [9.17, 15) is 4.39 Å². The first-order chi connectivity index (χ1) is 15.3. The van der Waals surface area contributed by atoms with Crippen molar-refractivity contribution in [2.45, 2.75) is 32.9 Å². The number of rotatable bonds is 6. The zero-order valence-electron chi connectivity index (χ0n) is 19.2. The smallest absolute Gasteiger partial charge is 0.129 e. The quantitative estimate of drug-likeness (QED) is 0.453. The van der Waals surface area contributed by atoms with Gasteiger partial charge in [0.1, 0.15) is 17.3 Å². The van der Waals surface area contributed by atoms with Crippen LogP contribution in [0.15, 0.2) is 60.7 Å². The second-order valence-corrected chi connectivity index (χ2v) is 8.61. The maximum absolute atomic E-state index is 13.9. The number of halogens is 1. The molecule has 4 nitrogen and oxygen atoms in total. The molecule has 0 amide bonds. The molecule has 0 atom stereocenters. The molecule has 1 aliphatic rings. The number of allylic oxidation sites excluding steroid dienone is 1. The molecular formula is C27H29FN2O2. The van der Waals surface area contributed by atoms with Crippen molar-refractivity contribution in [3.63, 3.8) is 0 Å². The van der Waals surface area contributed by atoms with Crippen LogP contribution in [0.3, 0.4) is 0 Å². The molecule has 1 heterocycles. The molecule has 32 heavy (non-hydrogen) atoms. The minimum atomic E-state index is -0.319. The van der Waals surface area contributed by atoms with Crippen LogP contribution in [0.4, 0.5) is 15.8 Å². The van der Waals surface area contributed by atoms with E-state index in [-0.39, 0.29) is 11.4 Å². The lowest BCUT2D eigenvalue weighted by molar-refractivity contribution is 0.413. The second-order valence-electron chi connectivity index (χ2n) is 8.61. The summed E-state index contributed by atoms with van der Waals surface area (Å²) in [4.78, 5) is 0. The molecule has 4 rings (SSSR count). The Kier molecular flexibility index (Phi) is 5.83. The fraction of sp³-hybridized carbons (Fsp3) is 0.259. The summed E-state index contributed by atoms with van der Waals surface area (Å²) in [5.41, 5.74) is 7.31. The van der Waals surface area contributed by atoms with Gasteiger partial charge in [-0.2, -0.15) is 0 Å². The van der Waals surface area contributed by atoms with Crippen LogP contribution in [0, 0.1) is 5.82 Å². The monoisotopic (exact) mass is 432 g/mol. The van der Waals surface area contributed by atoms with Crippen LogP contribution < -0.4 is 20.1 Å². The van der Waals surface area contributed by atoms with E-state index in [0.717, 1.165) is 39.4 Å². The van der Waals surface area contributed by atoms with Crippen molar-refractivity contribution in [1.82, 2.24) is 0 Å². The number of ether oxygens (including phenoxy) is 2. The molecule has 5 heteroatoms. The lowest BCUT2D eigenvalue weighted by Gasteiger charge is -2.33. The van der Waals surface area contributed by atoms with Crippen molar-refractivity contribution < 1.29 is 13.9 Å². The average Bonchev–Trinajstić information content (AvgIpc) is 2.77. The standard InChI is InChI=1S/C27H29FN2O2/c1-17-15-27(2,3)30-24-13-12-21(22-11-6-18(28)14-25(22)32-5)23(26(17)24)16-29-19-7-9-20(31-4)10-8-19/h6-15,29-30H,16H2,1-5H3. The lowest BCUT2D eigenvalue weighted by Crippen LogP contribution is -2.32. The molecule has 166 valence electrons. The number of fused-ring (bicyclic) bond motifs is 1. The van der Waals surface area contributed by atoms with E-state index in [1.165, 1.54) is 17.7 Å². The van der Waals surface area contributed by atoms with Gasteiger partial charge in [0.05, 0.1) is 19.8 Å². The Bertz CT molecular complexity index is 1170. The summed E-state index contributed by atoms with van der Waals surface area (Å²) >= 11 is 0. The van der Waals surface area contributed by atoms with Crippen molar-refractivity contribution >= 4 is 16.9 Å². The van der Waals surface area contributed by atoms with E-state index in [2.05, 4.69) is 49.6 Å². The predicted molar refractivity (Wildman–Crippen MR) is 130 cm³/mol. The Balaban J connectivity index is 1.82. The van der Waals surface area contributed by atoms with Gasteiger partial charge in [-0.1, -0.05) is 12.1 Å². The van der Waals surface area contributed by atoms with Gasteiger partial charge < -0.3 is 20.1 Å². The molecule has 1 aliphatic heterocycles. The van der Waals surface area contributed by atoms with Gasteiger partial charge in [-0.3, -0.25) is 0 Å². The number of benzene rings is 3. The molecule has 0 radical (unpaired) electrons. The van der Waals surface area contributed by atoms with Gasteiger partial charge in [-0.05, 0) is 79.9 Å². The van der Waals surface area contributed by atoms with Crippen LogP contribution in [0.5, 0.6) is 11.5 Å². The number of nitrogens with one attached hydrogen (secondary N) is 2. The van der Waals surface area contributed by atoms with Gasteiger partial charge in [-0.15, -0.1) is 0 Å². The molecule has 0 fully saturated rings.